The number of aromatic nitrogens is 4. The maximum Gasteiger partial charge on any atom is 0.312 e. The van der Waals surface area contributed by atoms with Crippen molar-refractivity contribution in [2.45, 2.75) is 9.79 Å². The summed E-state index contributed by atoms with van der Waals surface area (Å²) in [7, 11) is -8.43. The number of hydrogen-bond donors (Lipinski definition) is 2. The first kappa shape index (κ1) is 24.9. The lowest BCUT2D eigenvalue weighted by Crippen LogP contribution is -2.16. The second-order valence-electron chi connectivity index (χ2n) is 9.63. The summed E-state index contributed by atoms with van der Waals surface area (Å²) >= 11 is 0. The lowest BCUT2D eigenvalue weighted by atomic mass is 9.96. The quantitative estimate of drug-likeness (QED) is 0.217. The van der Waals surface area contributed by atoms with Gasteiger partial charge in [0, 0.05) is 32.3 Å². The summed E-state index contributed by atoms with van der Waals surface area (Å²) < 4.78 is 59.6. The summed E-state index contributed by atoms with van der Waals surface area (Å²) in [6.45, 7) is 0. The van der Waals surface area contributed by atoms with Gasteiger partial charge in [0.25, 0.3) is 11.1 Å². The number of rotatable bonds is 4. The van der Waals surface area contributed by atoms with Crippen LogP contribution in [-0.2, 0) is 28.8 Å². The standard InChI is InChI=1S/C26H14N6O8S2/c27-39-41(35,36)11-1-7-19-17(9-11)29-23-13-3-6-16-22-14(4-5-15(21(13)22)25(33)31(19)23)24-30-18-10-12(42(37,38)40-28)2-8-20(18)32(24)26(16)34/h1-10H,27-28H2. The lowest BCUT2D eigenvalue weighted by Gasteiger charge is -2.12. The van der Waals surface area contributed by atoms with Crippen molar-refractivity contribution in [2.24, 2.45) is 11.8 Å². The van der Waals surface area contributed by atoms with Gasteiger partial charge in [0.2, 0.25) is 0 Å². The van der Waals surface area contributed by atoms with Crippen LogP contribution in [0.3, 0.4) is 0 Å². The first-order chi connectivity index (χ1) is 20.1. The number of hydrogen-bond acceptors (Lipinski definition) is 12. The molecule has 0 radical (unpaired) electrons. The highest BCUT2D eigenvalue weighted by Gasteiger charge is 2.24. The zero-order valence-electron chi connectivity index (χ0n) is 20.8. The number of imidazole rings is 2. The average Bonchev–Trinajstić information content (AvgIpc) is 3.57. The van der Waals surface area contributed by atoms with E-state index in [1.54, 1.807) is 24.3 Å². The first-order valence-electron chi connectivity index (χ1n) is 12.1. The summed E-state index contributed by atoms with van der Waals surface area (Å²) in [6.07, 6.45) is 0. The predicted octanol–water partition coefficient (Wildman–Crippen LogP) is 1.50. The van der Waals surface area contributed by atoms with E-state index in [-0.39, 0.29) is 32.1 Å². The Morgan fingerprint density at radius 1 is 0.571 bits per heavy atom. The van der Waals surface area contributed by atoms with Gasteiger partial charge in [0.05, 0.1) is 31.9 Å². The molecule has 0 saturated carbocycles. The summed E-state index contributed by atoms with van der Waals surface area (Å²) in [4.78, 5) is 36.4. The minimum absolute atomic E-state index is 0.221. The Bertz CT molecular complexity index is 2650. The highest BCUT2D eigenvalue weighted by atomic mass is 32.2. The second-order valence-corrected chi connectivity index (χ2v) is 12.8. The third-order valence-electron chi connectivity index (χ3n) is 7.59. The van der Waals surface area contributed by atoms with Crippen molar-refractivity contribution in [3.05, 3.63) is 81.4 Å². The molecular formula is C26H14N6O8S2. The molecule has 14 nitrogen and oxygen atoms in total. The SMILES string of the molecule is NOS(=O)(=O)c1ccc2c(c1)nc1c3ccc4c(=O)n5c6ccc(S(=O)(=O)ON)cc6nc5c5ccc(c(=O)n21)c3c45. The summed E-state index contributed by atoms with van der Waals surface area (Å²) in [6, 6.07) is 14.6. The van der Waals surface area contributed by atoms with E-state index in [4.69, 9.17) is 11.8 Å². The van der Waals surface area contributed by atoms with E-state index in [1.807, 2.05) is 0 Å². The van der Waals surface area contributed by atoms with E-state index in [0.717, 1.165) is 0 Å². The molecule has 0 atom stereocenters. The topological polar surface area (TPSA) is 208 Å². The number of nitrogens with two attached hydrogens (primary N) is 2. The Balaban J connectivity index is 1.53. The molecule has 8 rings (SSSR count). The van der Waals surface area contributed by atoms with Gasteiger partial charge in [0.15, 0.2) is 0 Å². The molecule has 4 N–H and O–H groups in total. The van der Waals surface area contributed by atoms with Crippen molar-refractivity contribution < 1.29 is 25.4 Å². The van der Waals surface area contributed by atoms with Crippen molar-refractivity contribution >= 4 is 85.9 Å². The van der Waals surface area contributed by atoms with Crippen molar-refractivity contribution in [1.29, 1.82) is 0 Å². The second kappa shape index (κ2) is 7.91. The number of benzene rings is 4. The molecular weight excluding hydrogens is 588 g/mol. The Morgan fingerprint density at radius 3 is 1.33 bits per heavy atom. The monoisotopic (exact) mass is 602 g/mol. The number of pyridine rings is 2. The molecule has 42 heavy (non-hydrogen) atoms. The molecule has 16 heteroatoms. The predicted molar refractivity (Wildman–Crippen MR) is 151 cm³/mol. The molecule has 0 aliphatic carbocycles. The fourth-order valence-electron chi connectivity index (χ4n) is 5.78. The molecule has 8 aromatic rings. The van der Waals surface area contributed by atoms with Crippen molar-refractivity contribution in [3.63, 3.8) is 0 Å². The normalized spacial score (nSPS) is 13.3. The van der Waals surface area contributed by atoms with Crippen molar-refractivity contribution in [2.75, 3.05) is 0 Å². The van der Waals surface area contributed by atoms with Gasteiger partial charge in [-0.25, -0.2) is 9.97 Å². The Morgan fingerprint density at radius 2 is 0.952 bits per heavy atom. The highest BCUT2D eigenvalue weighted by Crippen LogP contribution is 2.37. The fraction of sp³-hybridized carbons (Fsp3) is 0. The van der Waals surface area contributed by atoms with Gasteiger partial charge in [-0.3, -0.25) is 18.4 Å². The van der Waals surface area contributed by atoms with E-state index < -0.39 is 31.4 Å². The van der Waals surface area contributed by atoms with Crippen LogP contribution < -0.4 is 22.9 Å². The Labute approximate surface area is 232 Å². The van der Waals surface area contributed by atoms with Crippen LogP contribution in [0.25, 0.3) is 65.7 Å². The van der Waals surface area contributed by atoms with Gasteiger partial charge in [0.1, 0.15) is 11.3 Å². The van der Waals surface area contributed by atoms with Crippen LogP contribution in [-0.4, -0.2) is 35.6 Å². The minimum atomic E-state index is -4.21. The van der Waals surface area contributed by atoms with E-state index in [2.05, 4.69) is 18.5 Å². The van der Waals surface area contributed by atoms with Crippen molar-refractivity contribution in [3.8, 4) is 0 Å². The van der Waals surface area contributed by atoms with Gasteiger partial charge in [-0.1, -0.05) is 0 Å². The highest BCUT2D eigenvalue weighted by molar-refractivity contribution is 7.87. The maximum atomic E-state index is 13.8. The summed E-state index contributed by atoms with van der Waals surface area (Å²) in [5.41, 5.74) is 0.869. The molecule has 0 spiro atoms. The molecule has 0 unspecified atom stereocenters. The van der Waals surface area contributed by atoms with Gasteiger partial charge >= 0.3 is 20.2 Å². The Hall–Kier alpha value is -4.84. The molecule has 0 aliphatic heterocycles. The van der Waals surface area contributed by atoms with Gasteiger partial charge in [-0.15, -0.1) is 0 Å². The van der Waals surface area contributed by atoms with Gasteiger partial charge in [-0.2, -0.15) is 37.2 Å². The number of fused-ring (bicyclic) bond motifs is 8. The summed E-state index contributed by atoms with van der Waals surface area (Å²) in [5.74, 6) is 9.84. The number of nitrogens with zero attached hydrogens (tertiary/aromatic N) is 4. The Kier molecular flexibility index (Phi) is 4.69. The largest absolute Gasteiger partial charge is 0.312 e. The molecule has 0 saturated heterocycles. The van der Waals surface area contributed by atoms with Crippen LogP contribution in [0, 0.1) is 0 Å². The maximum absolute atomic E-state index is 13.8. The van der Waals surface area contributed by atoms with E-state index in [9.17, 15) is 26.4 Å². The van der Waals surface area contributed by atoms with Crippen LogP contribution in [0.5, 0.6) is 0 Å². The average molecular weight is 603 g/mol. The van der Waals surface area contributed by atoms with Crippen LogP contribution >= 0.6 is 0 Å². The van der Waals surface area contributed by atoms with E-state index in [1.165, 1.54) is 45.2 Å². The van der Waals surface area contributed by atoms with Crippen LogP contribution in [0.1, 0.15) is 0 Å². The third-order valence-corrected chi connectivity index (χ3v) is 9.76. The smallest absolute Gasteiger partial charge is 0.268 e. The molecule has 0 amide bonds. The molecule has 0 aliphatic rings. The first-order valence-corrected chi connectivity index (χ1v) is 14.9. The molecule has 208 valence electrons. The van der Waals surface area contributed by atoms with E-state index >= 15 is 0 Å². The zero-order valence-corrected chi connectivity index (χ0v) is 22.4. The van der Waals surface area contributed by atoms with Crippen LogP contribution in [0.15, 0.2) is 80.0 Å². The van der Waals surface area contributed by atoms with E-state index in [0.29, 0.717) is 43.4 Å². The molecule has 4 aromatic heterocycles. The lowest BCUT2D eigenvalue weighted by molar-refractivity contribution is 0.332. The van der Waals surface area contributed by atoms with Crippen molar-refractivity contribution in [1.82, 2.24) is 18.8 Å². The molecule has 4 aromatic carbocycles. The zero-order chi connectivity index (χ0) is 29.3. The van der Waals surface area contributed by atoms with Gasteiger partial charge in [-0.05, 0) is 60.7 Å². The molecule has 0 bridgehead atoms. The van der Waals surface area contributed by atoms with Gasteiger partial charge < -0.3 is 0 Å². The minimum Gasteiger partial charge on any atom is -0.268 e. The molecule has 0 fully saturated rings. The fourth-order valence-corrected chi connectivity index (χ4v) is 6.98. The van der Waals surface area contributed by atoms with Crippen LogP contribution in [0.2, 0.25) is 0 Å². The molecule has 4 heterocycles. The van der Waals surface area contributed by atoms with Crippen LogP contribution in [0.4, 0.5) is 0 Å². The summed E-state index contributed by atoms with van der Waals surface area (Å²) in [5, 5.41) is 2.69. The third kappa shape index (κ3) is 2.99.